The molecule has 0 saturated heterocycles. The molecule has 132 valence electrons. The number of hydrogen-bond donors (Lipinski definition) is 0. The monoisotopic (exact) mass is 357 g/mol. The predicted molar refractivity (Wildman–Crippen MR) is 101 cm³/mol. The van der Waals surface area contributed by atoms with E-state index in [2.05, 4.69) is 23.1 Å². The van der Waals surface area contributed by atoms with Crippen molar-refractivity contribution in [1.29, 1.82) is 0 Å². The van der Waals surface area contributed by atoms with Crippen molar-refractivity contribution in [2.45, 2.75) is 46.6 Å². The zero-order valence-corrected chi connectivity index (χ0v) is 15.9. The smallest absolute Gasteiger partial charge is 0.268 e. The summed E-state index contributed by atoms with van der Waals surface area (Å²) in [4.78, 5) is 25.3. The molecule has 0 N–H and O–H groups in total. The lowest BCUT2D eigenvalue weighted by molar-refractivity contribution is -0.123. The van der Waals surface area contributed by atoms with Crippen LogP contribution in [-0.4, -0.2) is 29.3 Å². The van der Waals surface area contributed by atoms with Crippen LogP contribution in [0.25, 0.3) is 0 Å². The van der Waals surface area contributed by atoms with Crippen LogP contribution in [0.3, 0.4) is 0 Å². The molecule has 2 heterocycles. The first kappa shape index (κ1) is 17.6. The molecule has 1 aliphatic rings. The van der Waals surface area contributed by atoms with Crippen molar-refractivity contribution in [3.63, 3.8) is 0 Å². The molecular weight excluding hydrogens is 334 g/mol. The summed E-state index contributed by atoms with van der Waals surface area (Å²) in [5.41, 5.74) is 3.90. The Kier molecular flexibility index (Phi) is 5.18. The maximum absolute atomic E-state index is 12.7. The van der Waals surface area contributed by atoms with Gasteiger partial charge >= 0.3 is 0 Å². The van der Waals surface area contributed by atoms with Gasteiger partial charge in [-0.05, 0) is 52.2 Å². The molecule has 25 heavy (non-hydrogen) atoms. The van der Waals surface area contributed by atoms with Gasteiger partial charge in [0.2, 0.25) is 0 Å². The number of hydrogen-bond acceptors (Lipinski definition) is 5. The largest absolute Gasteiger partial charge is 0.385 e. The zero-order chi connectivity index (χ0) is 18.0. The summed E-state index contributed by atoms with van der Waals surface area (Å²) >= 11 is 1.58. The Morgan fingerprint density at radius 2 is 2.16 bits per heavy atom. The van der Waals surface area contributed by atoms with E-state index in [1.807, 2.05) is 43.9 Å². The van der Waals surface area contributed by atoms with Crippen molar-refractivity contribution in [1.82, 2.24) is 4.98 Å². The summed E-state index contributed by atoms with van der Waals surface area (Å²) in [5, 5.41) is 5.12. The number of aromatic nitrogens is 1. The second-order valence-corrected chi connectivity index (χ2v) is 7.58. The maximum atomic E-state index is 12.7. The van der Waals surface area contributed by atoms with Crippen LogP contribution in [0, 0.1) is 13.8 Å². The van der Waals surface area contributed by atoms with Gasteiger partial charge < -0.3 is 9.74 Å². The van der Waals surface area contributed by atoms with Crippen molar-refractivity contribution >= 4 is 28.6 Å². The van der Waals surface area contributed by atoms with Gasteiger partial charge in [-0.2, -0.15) is 0 Å². The van der Waals surface area contributed by atoms with Gasteiger partial charge in [0.15, 0.2) is 6.61 Å². The van der Waals surface area contributed by atoms with Crippen LogP contribution < -0.4 is 4.90 Å². The Hall–Kier alpha value is -2.21. The highest BCUT2D eigenvalue weighted by molar-refractivity contribution is 7.13. The first-order valence-corrected chi connectivity index (χ1v) is 9.30. The van der Waals surface area contributed by atoms with Crippen LogP contribution in [-0.2, 0) is 16.1 Å². The van der Waals surface area contributed by atoms with Gasteiger partial charge in [-0.15, -0.1) is 11.3 Å². The Bertz CT molecular complexity index is 813. The highest BCUT2D eigenvalue weighted by Gasteiger charge is 2.28. The van der Waals surface area contributed by atoms with Crippen LogP contribution in [0.4, 0.5) is 5.69 Å². The van der Waals surface area contributed by atoms with E-state index in [1.165, 1.54) is 5.56 Å². The maximum Gasteiger partial charge on any atom is 0.268 e. The lowest BCUT2D eigenvalue weighted by atomic mass is 9.96. The summed E-state index contributed by atoms with van der Waals surface area (Å²) in [7, 11) is 0. The van der Waals surface area contributed by atoms with Crippen molar-refractivity contribution in [2.75, 3.05) is 11.5 Å². The summed E-state index contributed by atoms with van der Waals surface area (Å²) < 4.78 is 0. The Labute approximate surface area is 152 Å². The van der Waals surface area contributed by atoms with E-state index in [4.69, 9.17) is 4.84 Å². The van der Waals surface area contributed by atoms with Crippen LogP contribution in [0.5, 0.6) is 0 Å². The minimum absolute atomic E-state index is 0.0617. The SMILES string of the molecule is CC(=NOCC(=O)N1c2ccccc2CCC1C)c1sc(C)nc1C. The van der Waals surface area contributed by atoms with Crippen LogP contribution >= 0.6 is 11.3 Å². The molecule has 6 heteroatoms. The molecule has 1 atom stereocenters. The van der Waals surface area contributed by atoms with E-state index >= 15 is 0 Å². The normalized spacial score (nSPS) is 17.4. The van der Waals surface area contributed by atoms with E-state index < -0.39 is 0 Å². The Morgan fingerprint density at radius 3 is 2.88 bits per heavy atom. The summed E-state index contributed by atoms with van der Waals surface area (Å²) in [6, 6.07) is 8.24. The number of carbonyl (C=O) groups excluding carboxylic acids is 1. The van der Waals surface area contributed by atoms with Crippen molar-refractivity contribution in [3.05, 3.63) is 45.4 Å². The number of oxime groups is 1. The van der Waals surface area contributed by atoms with Crippen LogP contribution in [0.2, 0.25) is 0 Å². The van der Waals surface area contributed by atoms with E-state index in [0.717, 1.165) is 39.8 Å². The number of para-hydroxylation sites is 1. The fraction of sp³-hybridized carbons (Fsp3) is 0.421. The average Bonchev–Trinajstić information content (AvgIpc) is 2.93. The molecule has 3 rings (SSSR count). The third kappa shape index (κ3) is 3.74. The van der Waals surface area contributed by atoms with Crippen molar-refractivity contribution in [3.8, 4) is 0 Å². The molecule has 1 aromatic carbocycles. The number of amides is 1. The molecule has 1 aromatic heterocycles. The first-order valence-electron chi connectivity index (χ1n) is 8.48. The molecule has 5 nitrogen and oxygen atoms in total. The quantitative estimate of drug-likeness (QED) is 0.616. The molecule has 1 amide bonds. The number of anilines is 1. The highest BCUT2D eigenvalue weighted by atomic mass is 32.1. The second kappa shape index (κ2) is 7.35. The zero-order valence-electron chi connectivity index (χ0n) is 15.1. The standard InChI is InChI=1S/C19H23N3O2S/c1-12-9-10-16-7-5-6-8-17(16)22(12)18(23)11-24-21-14(3)19-13(2)20-15(4)25-19/h5-8,12H,9-11H2,1-4H3. The number of rotatable bonds is 4. The second-order valence-electron chi connectivity index (χ2n) is 6.38. The van der Waals surface area contributed by atoms with Gasteiger partial charge in [0.1, 0.15) is 0 Å². The third-order valence-corrected chi connectivity index (χ3v) is 5.60. The van der Waals surface area contributed by atoms with Gasteiger partial charge in [0.05, 0.1) is 21.3 Å². The van der Waals surface area contributed by atoms with Crippen LogP contribution in [0.15, 0.2) is 29.4 Å². The first-order chi connectivity index (χ1) is 12.0. The molecule has 1 aliphatic heterocycles. The minimum atomic E-state index is -0.0627. The molecule has 2 aromatic rings. The minimum Gasteiger partial charge on any atom is -0.385 e. The van der Waals surface area contributed by atoms with E-state index in [1.54, 1.807) is 11.3 Å². The number of carbonyl (C=O) groups is 1. The summed E-state index contributed by atoms with van der Waals surface area (Å²) in [6.07, 6.45) is 1.97. The van der Waals surface area contributed by atoms with Gasteiger partial charge in [-0.1, -0.05) is 23.4 Å². The Morgan fingerprint density at radius 1 is 1.40 bits per heavy atom. The molecule has 0 aliphatic carbocycles. The van der Waals surface area contributed by atoms with Gasteiger partial charge in [0, 0.05) is 11.7 Å². The van der Waals surface area contributed by atoms with E-state index in [-0.39, 0.29) is 18.6 Å². The number of fused-ring (bicyclic) bond motifs is 1. The molecule has 0 fully saturated rings. The number of nitrogens with zero attached hydrogens (tertiary/aromatic N) is 3. The lowest BCUT2D eigenvalue weighted by Crippen LogP contribution is -2.43. The van der Waals surface area contributed by atoms with E-state index in [0.29, 0.717) is 0 Å². The highest BCUT2D eigenvalue weighted by Crippen LogP contribution is 2.30. The summed E-state index contributed by atoms with van der Waals surface area (Å²) in [6.45, 7) is 7.81. The number of aryl methyl sites for hydroxylation is 3. The molecule has 0 bridgehead atoms. The molecule has 0 saturated carbocycles. The molecule has 1 unspecified atom stereocenters. The molecular formula is C19H23N3O2S. The molecule has 0 radical (unpaired) electrons. The fourth-order valence-electron chi connectivity index (χ4n) is 3.23. The fourth-order valence-corrected chi connectivity index (χ4v) is 4.09. The number of thiazole rings is 1. The Balaban J connectivity index is 1.69. The number of benzene rings is 1. The topological polar surface area (TPSA) is 54.8 Å². The van der Waals surface area contributed by atoms with Gasteiger partial charge in [-0.3, -0.25) is 4.79 Å². The summed E-state index contributed by atoms with van der Waals surface area (Å²) in [5.74, 6) is -0.0617. The lowest BCUT2D eigenvalue weighted by Gasteiger charge is -2.34. The van der Waals surface area contributed by atoms with Crippen molar-refractivity contribution < 1.29 is 9.63 Å². The predicted octanol–water partition coefficient (Wildman–Crippen LogP) is 3.87. The van der Waals surface area contributed by atoms with Gasteiger partial charge in [-0.25, -0.2) is 4.98 Å². The van der Waals surface area contributed by atoms with Crippen LogP contribution in [0.1, 0.15) is 41.4 Å². The third-order valence-electron chi connectivity index (χ3n) is 4.41. The molecule has 0 spiro atoms. The van der Waals surface area contributed by atoms with E-state index in [9.17, 15) is 4.79 Å². The average molecular weight is 357 g/mol. The van der Waals surface area contributed by atoms with Crippen molar-refractivity contribution in [2.24, 2.45) is 5.16 Å². The van der Waals surface area contributed by atoms with Gasteiger partial charge in [0.25, 0.3) is 5.91 Å².